The second-order valence-electron chi connectivity index (χ2n) is 6.72. The Labute approximate surface area is 136 Å². The first-order chi connectivity index (χ1) is 11.1. The lowest BCUT2D eigenvalue weighted by Crippen LogP contribution is -2.46. The van der Waals surface area contributed by atoms with Crippen molar-refractivity contribution in [3.05, 3.63) is 30.1 Å². The molecular weight excluding hydrogens is 295 g/mol. The van der Waals surface area contributed by atoms with Crippen molar-refractivity contribution >= 4 is 5.91 Å². The standard InChI is InChI=1S/C18H25FN2O2/c19-14-4-6-16(7-5-14)23-17-8-10-21(11-9-17)18(22)13-2-1-3-15(20)12-13/h4-7,13,15,17H,1-3,8-12,20H2. The Morgan fingerprint density at radius 2 is 1.83 bits per heavy atom. The lowest BCUT2D eigenvalue weighted by atomic mass is 9.85. The molecule has 1 amide bonds. The van der Waals surface area contributed by atoms with E-state index in [1.54, 1.807) is 12.1 Å². The van der Waals surface area contributed by atoms with Gasteiger partial charge >= 0.3 is 0 Å². The summed E-state index contributed by atoms with van der Waals surface area (Å²) in [6.45, 7) is 1.47. The number of rotatable bonds is 3. The Balaban J connectivity index is 1.48. The SMILES string of the molecule is NC1CCCC(C(=O)N2CCC(Oc3ccc(F)cc3)CC2)C1. The largest absolute Gasteiger partial charge is 0.490 e. The number of carbonyl (C=O) groups is 1. The van der Waals surface area contributed by atoms with Crippen LogP contribution in [-0.4, -0.2) is 36.0 Å². The Hall–Kier alpha value is -1.62. The molecule has 2 atom stereocenters. The Bertz CT molecular complexity index is 526. The number of hydrogen-bond acceptors (Lipinski definition) is 3. The van der Waals surface area contributed by atoms with E-state index in [-0.39, 0.29) is 29.8 Å². The normalized spacial score (nSPS) is 26.1. The maximum atomic E-state index is 12.9. The van der Waals surface area contributed by atoms with Crippen molar-refractivity contribution in [2.45, 2.75) is 50.7 Å². The van der Waals surface area contributed by atoms with Gasteiger partial charge < -0.3 is 15.4 Å². The van der Waals surface area contributed by atoms with Crippen molar-refractivity contribution in [2.24, 2.45) is 11.7 Å². The molecule has 3 rings (SSSR count). The lowest BCUT2D eigenvalue weighted by molar-refractivity contribution is -0.138. The van der Waals surface area contributed by atoms with Crippen molar-refractivity contribution in [1.82, 2.24) is 4.90 Å². The van der Waals surface area contributed by atoms with Gasteiger partial charge in [-0.05, 0) is 43.5 Å². The summed E-state index contributed by atoms with van der Waals surface area (Å²) in [7, 11) is 0. The summed E-state index contributed by atoms with van der Waals surface area (Å²) in [6.07, 6.45) is 5.63. The number of piperidine rings is 1. The third kappa shape index (κ3) is 4.22. The van der Waals surface area contributed by atoms with Crippen LogP contribution in [0.3, 0.4) is 0 Å². The van der Waals surface area contributed by atoms with Gasteiger partial charge in [-0.25, -0.2) is 4.39 Å². The third-order valence-electron chi connectivity index (χ3n) is 4.93. The third-order valence-corrected chi connectivity index (χ3v) is 4.93. The van der Waals surface area contributed by atoms with Crippen molar-refractivity contribution in [2.75, 3.05) is 13.1 Å². The highest BCUT2D eigenvalue weighted by atomic mass is 19.1. The molecule has 4 nitrogen and oxygen atoms in total. The number of hydrogen-bond donors (Lipinski definition) is 1. The van der Waals surface area contributed by atoms with E-state index >= 15 is 0 Å². The van der Waals surface area contributed by atoms with Crippen LogP contribution >= 0.6 is 0 Å². The molecule has 2 aliphatic rings. The molecule has 1 aromatic rings. The van der Waals surface area contributed by atoms with Gasteiger partial charge in [-0.3, -0.25) is 4.79 Å². The zero-order valence-corrected chi connectivity index (χ0v) is 13.4. The Kier molecular flexibility index (Phi) is 5.16. The predicted octanol–water partition coefficient (Wildman–Crippen LogP) is 2.71. The number of likely N-dealkylation sites (tertiary alicyclic amines) is 1. The molecule has 126 valence electrons. The first kappa shape index (κ1) is 16.2. The number of nitrogens with zero attached hydrogens (tertiary/aromatic N) is 1. The molecule has 1 heterocycles. The topological polar surface area (TPSA) is 55.6 Å². The van der Waals surface area contributed by atoms with Crippen LogP contribution in [0.4, 0.5) is 4.39 Å². The van der Waals surface area contributed by atoms with E-state index in [0.717, 1.165) is 51.6 Å². The molecule has 2 N–H and O–H groups in total. The van der Waals surface area contributed by atoms with Crippen LogP contribution < -0.4 is 10.5 Å². The van der Waals surface area contributed by atoms with Crippen molar-refractivity contribution in [3.8, 4) is 5.75 Å². The molecule has 2 unspecified atom stereocenters. The van der Waals surface area contributed by atoms with E-state index in [1.165, 1.54) is 12.1 Å². The summed E-state index contributed by atoms with van der Waals surface area (Å²) in [6, 6.07) is 6.28. The number of benzene rings is 1. The van der Waals surface area contributed by atoms with E-state index in [1.807, 2.05) is 4.90 Å². The number of carbonyl (C=O) groups excluding carboxylic acids is 1. The number of amides is 1. The maximum absolute atomic E-state index is 12.9. The van der Waals surface area contributed by atoms with Gasteiger partial charge in [-0.2, -0.15) is 0 Å². The number of nitrogens with two attached hydrogens (primary N) is 1. The molecule has 0 spiro atoms. The highest BCUT2D eigenvalue weighted by Crippen LogP contribution is 2.27. The van der Waals surface area contributed by atoms with Crippen molar-refractivity contribution in [1.29, 1.82) is 0 Å². The molecule has 0 radical (unpaired) electrons. The van der Waals surface area contributed by atoms with Crippen LogP contribution in [-0.2, 0) is 4.79 Å². The zero-order valence-electron chi connectivity index (χ0n) is 13.4. The predicted molar refractivity (Wildman–Crippen MR) is 86.6 cm³/mol. The van der Waals surface area contributed by atoms with E-state index in [0.29, 0.717) is 5.75 Å². The second-order valence-corrected chi connectivity index (χ2v) is 6.72. The summed E-state index contributed by atoms with van der Waals surface area (Å²) < 4.78 is 18.8. The first-order valence-corrected chi connectivity index (χ1v) is 8.58. The van der Waals surface area contributed by atoms with Crippen molar-refractivity contribution < 1.29 is 13.9 Å². The zero-order chi connectivity index (χ0) is 16.2. The highest BCUT2D eigenvalue weighted by Gasteiger charge is 2.31. The fourth-order valence-corrected chi connectivity index (χ4v) is 3.61. The summed E-state index contributed by atoms with van der Waals surface area (Å²) in [4.78, 5) is 14.6. The van der Waals surface area contributed by atoms with Crippen LogP contribution in [0.1, 0.15) is 38.5 Å². The van der Waals surface area contributed by atoms with Crippen molar-refractivity contribution in [3.63, 3.8) is 0 Å². The van der Waals surface area contributed by atoms with Gasteiger partial charge in [0.15, 0.2) is 0 Å². The monoisotopic (exact) mass is 320 g/mol. The molecule has 5 heteroatoms. The Morgan fingerprint density at radius 1 is 1.13 bits per heavy atom. The quantitative estimate of drug-likeness (QED) is 0.931. The summed E-state index contributed by atoms with van der Waals surface area (Å²) in [5, 5.41) is 0. The fraction of sp³-hybridized carbons (Fsp3) is 0.611. The maximum Gasteiger partial charge on any atom is 0.225 e. The number of ether oxygens (including phenoxy) is 1. The van der Waals surface area contributed by atoms with Crippen LogP contribution in [0.25, 0.3) is 0 Å². The van der Waals surface area contributed by atoms with Gasteiger partial charge in [0.1, 0.15) is 17.7 Å². The lowest BCUT2D eigenvalue weighted by Gasteiger charge is -2.36. The van der Waals surface area contributed by atoms with Gasteiger partial charge in [0.25, 0.3) is 0 Å². The molecule has 1 aliphatic carbocycles. The summed E-state index contributed by atoms with van der Waals surface area (Å²) >= 11 is 0. The van der Waals surface area contributed by atoms with Gasteiger partial charge in [0.2, 0.25) is 5.91 Å². The van der Waals surface area contributed by atoms with Gasteiger partial charge in [-0.1, -0.05) is 6.42 Å². The fourth-order valence-electron chi connectivity index (χ4n) is 3.61. The molecule has 1 saturated heterocycles. The summed E-state index contributed by atoms with van der Waals surface area (Å²) in [5.74, 6) is 0.798. The summed E-state index contributed by atoms with van der Waals surface area (Å²) in [5.41, 5.74) is 5.99. The van der Waals surface area contributed by atoms with E-state index in [4.69, 9.17) is 10.5 Å². The molecule has 0 bridgehead atoms. The molecule has 2 fully saturated rings. The van der Waals surface area contributed by atoms with Crippen LogP contribution in [0, 0.1) is 11.7 Å². The average molecular weight is 320 g/mol. The minimum atomic E-state index is -0.261. The molecule has 1 saturated carbocycles. The molecule has 1 aromatic carbocycles. The average Bonchev–Trinajstić information content (AvgIpc) is 2.57. The Morgan fingerprint density at radius 3 is 2.48 bits per heavy atom. The minimum Gasteiger partial charge on any atom is -0.490 e. The smallest absolute Gasteiger partial charge is 0.225 e. The van der Waals surface area contributed by atoms with E-state index in [9.17, 15) is 9.18 Å². The van der Waals surface area contributed by atoms with Crippen LogP contribution in [0.2, 0.25) is 0 Å². The molecular formula is C18H25FN2O2. The van der Waals surface area contributed by atoms with Gasteiger partial charge in [0, 0.05) is 37.9 Å². The minimum absolute atomic E-state index is 0.0955. The second kappa shape index (κ2) is 7.30. The van der Waals surface area contributed by atoms with E-state index < -0.39 is 0 Å². The molecule has 0 aromatic heterocycles. The highest BCUT2D eigenvalue weighted by molar-refractivity contribution is 5.79. The number of halogens is 1. The van der Waals surface area contributed by atoms with Gasteiger partial charge in [-0.15, -0.1) is 0 Å². The van der Waals surface area contributed by atoms with Crippen LogP contribution in [0.15, 0.2) is 24.3 Å². The first-order valence-electron chi connectivity index (χ1n) is 8.58. The molecule has 23 heavy (non-hydrogen) atoms. The van der Waals surface area contributed by atoms with Gasteiger partial charge in [0.05, 0.1) is 0 Å². The molecule has 1 aliphatic heterocycles. The van der Waals surface area contributed by atoms with Crippen LogP contribution in [0.5, 0.6) is 5.75 Å². The van der Waals surface area contributed by atoms with E-state index in [2.05, 4.69) is 0 Å².